The summed E-state index contributed by atoms with van der Waals surface area (Å²) in [6, 6.07) is 4.39. The second-order valence-corrected chi connectivity index (χ2v) is 4.27. The van der Waals surface area contributed by atoms with Crippen LogP contribution in [0.25, 0.3) is 0 Å². The molecule has 1 amide bonds. The predicted molar refractivity (Wildman–Crippen MR) is 57.0 cm³/mol. The van der Waals surface area contributed by atoms with Gasteiger partial charge in [0, 0.05) is 11.6 Å². The maximum absolute atomic E-state index is 12.8. The zero-order chi connectivity index (χ0) is 11.0. The van der Waals surface area contributed by atoms with Crippen LogP contribution in [0.5, 0.6) is 0 Å². The Morgan fingerprint density at radius 3 is 2.73 bits per heavy atom. The number of benzene rings is 1. The Morgan fingerprint density at radius 2 is 2.20 bits per heavy atom. The smallest absolute Gasteiger partial charge is 0.227 e. The van der Waals surface area contributed by atoms with Crippen LogP contribution in [0, 0.1) is 24.6 Å². The number of hydrogen-bond donors (Lipinski definition) is 1. The topological polar surface area (TPSA) is 29.1 Å². The first-order valence-corrected chi connectivity index (χ1v) is 5.15. The van der Waals surface area contributed by atoms with Crippen LogP contribution >= 0.6 is 0 Å². The first-order chi connectivity index (χ1) is 7.08. The molecule has 2 atom stereocenters. The molecule has 0 unspecified atom stereocenters. The number of carbonyl (C=O) groups excluding carboxylic acids is 1. The van der Waals surface area contributed by atoms with Gasteiger partial charge in [0.2, 0.25) is 5.91 Å². The minimum atomic E-state index is -0.273. The zero-order valence-electron chi connectivity index (χ0n) is 8.88. The second-order valence-electron chi connectivity index (χ2n) is 4.27. The largest absolute Gasteiger partial charge is 0.326 e. The van der Waals surface area contributed by atoms with Gasteiger partial charge in [-0.2, -0.15) is 0 Å². The van der Waals surface area contributed by atoms with Crippen LogP contribution in [0.2, 0.25) is 0 Å². The van der Waals surface area contributed by atoms with E-state index in [1.807, 2.05) is 0 Å². The van der Waals surface area contributed by atoms with E-state index < -0.39 is 0 Å². The minimum Gasteiger partial charge on any atom is -0.326 e. The summed E-state index contributed by atoms with van der Waals surface area (Å²) in [7, 11) is 0. The van der Waals surface area contributed by atoms with Gasteiger partial charge >= 0.3 is 0 Å². The highest BCUT2D eigenvalue weighted by Gasteiger charge is 2.39. The Balaban J connectivity index is 2.07. The predicted octanol–water partition coefficient (Wildman–Crippen LogP) is 2.73. The van der Waals surface area contributed by atoms with E-state index in [2.05, 4.69) is 12.2 Å². The zero-order valence-corrected chi connectivity index (χ0v) is 8.88. The molecule has 0 heterocycles. The van der Waals surface area contributed by atoms with Crippen molar-refractivity contribution in [1.29, 1.82) is 0 Å². The lowest BCUT2D eigenvalue weighted by Crippen LogP contribution is -2.15. The van der Waals surface area contributed by atoms with E-state index in [0.717, 1.165) is 12.0 Å². The number of rotatable bonds is 2. The molecule has 0 aromatic heterocycles. The molecule has 1 aromatic rings. The van der Waals surface area contributed by atoms with Gasteiger partial charge in [-0.15, -0.1) is 0 Å². The SMILES string of the molecule is Cc1cc(F)ccc1NC(=O)[C@@H]1C[C@@H]1C. The van der Waals surface area contributed by atoms with Crippen LogP contribution in [-0.2, 0) is 4.79 Å². The van der Waals surface area contributed by atoms with Gasteiger partial charge in [0.05, 0.1) is 0 Å². The van der Waals surface area contributed by atoms with Crippen LogP contribution in [-0.4, -0.2) is 5.91 Å². The molecule has 1 N–H and O–H groups in total. The van der Waals surface area contributed by atoms with Gasteiger partial charge < -0.3 is 5.32 Å². The molecule has 2 nitrogen and oxygen atoms in total. The normalized spacial score (nSPS) is 23.7. The highest BCUT2D eigenvalue weighted by molar-refractivity contribution is 5.94. The van der Waals surface area contributed by atoms with Crippen molar-refractivity contribution < 1.29 is 9.18 Å². The summed E-state index contributed by atoms with van der Waals surface area (Å²) in [4.78, 5) is 11.6. The third-order valence-electron chi connectivity index (χ3n) is 2.89. The summed E-state index contributed by atoms with van der Waals surface area (Å²) in [5.74, 6) is 0.419. The molecule has 0 aliphatic heterocycles. The highest BCUT2D eigenvalue weighted by atomic mass is 19.1. The fourth-order valence-electron chi connectivity index (χ4n) is 1.68. The summed E-state index contributed by atoms with van der Waals surface area (Å²) in [6.45, 7) is 3.84. The molecule has 3 heteroatoms. The van der Waals surface area contributed by atoms with Crippen molar-refractivity contribution in [1.82, 2.24) is 0 Å². The summed E-state index contributed by atoms with van der Waals surface area (Å²) in [5, 5.41) is 2.82. The van der Waals surface area contributed by atoms with Crippen molar-refractivity contribution in [2.24, 2.45) is 11.8 Å². The standard InChI is InChI=1S/C12H14FNO/c1-7-6-10(7)12(15)14-11-4-3-9(13)5-8(11)2/h3-5,7,10H,6H2,1-2H3,(H,14,15)/t7-,10+/m0/s1. The van der Waals surface area contributed by atoms with E-state index in [-0.39, 0.29) is 17.6 Å². The number of aryl methyl sites for hydroxylation is 1. The van der Waals surface area contributed by atoms with Crippen LogP contribution in [0.4, 0.5) is 10.1 Å². The minimum absolute atomic E-state index is 0.0530. The van der Waals surface area contributed by atoms with Gasteiger partial charge in [0.1, 0.15) is 5.82 Å². The molecule has 0 spiro atoms. The van der Waals surface area contributed by atoms with Crippen LogP contribution in [0.15, 0.2) is 18.2 Å². The molecular formula is C12H14FNO. The molecule has 1 aliphatic rings. The third-order valence-corrected chi connectivity index (χ3v) is 2.89. The van der Waals surface area contributed by atoms with E-state index >= 15 is 0 Å². The van der Waals surface area contributed by atoms with Gasteiger partial charge in [-0.25, -0.2) is 4.39 Å². The molecular weight excluding hydrogens is 193 g/mol. The fourth-order valence-corrected chi connectivity index (χ4v) is 1.68. The molecule has 80 valence electrons. The number of hydrogen-bond acceptors (Lipinski definition) is 1. The highest BCUT2D eigenvalue weighted by Crippen LogP contribution is 2.38. The summed E-state index contributed by atoms with van der Waals surface area (Å²) < 4.78 is 12.8. The van der Waals surface area contributed by atoms with Crippen molar-refractivity contribution >= 4 is 11.6 Å². The molecule has 1 saturated carbocycles. The molecule has 1 fully saturated rings. The molecule has 0 saturated heterocycles. The second kappa shape index (κ2) is 3.65. The maximum Gasteiger partial charge on any atom is 0.227 e. The van der Waals surface area contributed by atoms with Gasteiger partial charge in [0.15, 0.2) is 0 Å². The summed E-state index contributed by atoms with van der Waals surface area (Å²) in [6.07, 6.45) is 0.964. The molecule has 0 radical (unpaired) electrons. The molecule has 0 bridgehead atoms. The lowest BCUT2D eigenvalue weighted by atomic mass is 10.2. The lowest BCUT2D eigenvalue weighted by Gasteiger charge is -2.07. The average molecular weight is 207 g/mol. The quantitative estimate of drug-likeness (QED) is 0.793. The Kier molecular flexibility index (Phi) is 2.47. The van der Waals surface area contributed by atoms with E-state index in [1.54, 1.807) is 13.0 Å². The Labute approximate surface area is 88.5 Å². The van der Waals surface area contributed by atoms with Gasteiger partial charge in [-0.05, 0) is 43.0 Å². The summed E-state index contributed by atoms with van der Waals surface area (Å²) >= 11 is 0. The van der Waals surface area contributed by atoms with Crippen molar-refractivity contribution in [3.63, 3.8) is 0 Å². The van der Waals surface area contributed by atoms with E-state index in [9.17, 15) is 9.18 Å². The van der Waals surface area contributed by atoms with Crippen molar-refractivity contribution in [2.45, 2.75) is 20.3 Å². The van der Waals surface area contributed by atoms with E-state index in [4.69, 9.17) is 0 Å². The number of amides is 1. The van der Waals surface area contributed by atoms with Gasteiger partial charge in [0.25, 0.3) is 0 Å². The molecule has 15 heavy (non-hydrogen) atoms. The number of carbonyl (C=O) groups is 1. The first-order valence-electron chi connectivity index (χ1n) is 5.15. The first kappa shape index (κ1) is 10.1. The number of anilines is 1. The molecule has 1 aromatic carbocycles. The lowest BCUT2D eigenvalue weighted by molar-refractivity contribution is -0.117. The van der Waals surface area contributed by atoms with Crippen molar-refractivity contribution in [3.8, 4) is 0 Å². The number of halogens is 1. The van der Waals surface area contributed by atoms with Crippen LogP contribution < -0.4 is 5.32 Å². The third kappa shape index (κ3) is 2.17. The van der Waals surface area contributed by atoms with Gasteiger partial charge in [-0.1, -0.05) is 6.92 Å². The molecule has 2 rings (SSSR count). The summed E-state index contributed by atoms with van der Waals surface area (Å²) in [5.41, 5.74) is 1.47. The van der Waals surface area contributed by atoms with Crippen molar-refractivity contribution in [3.05, 3.63) is 29.6 Å². The van der Waals surface area contributed by atoms with Crippen molar-refractivity contribution in [2.75, 3.05) is 5.32 Å². The maximum atomic E-state index is 12.8. The van der Waals surface area contributed by atoms with Crippen LogP contribution in [0.1, 0.15) is 18.9 Å². The molecule has 1 aliphatic carbocycles. The van der Waals surface area contributed by atoms with Gasteiger partial charge in [-0.3, -0.25) is 4.79 Å². The Hall–Kier alpha value is -1.38. The Bertz CT molecular complexity index is 403. The monoisotopic (exact) mass is 207 g/mol. The van der Waals surface area contributed by atoms with E-state index in [1.165, 1.54) is 12.1 Å². The van der Waals surface area contributed by atoms with Crippen LogP contribution in [0.3, 0.4) is 0 Å². The fraction of sp³-hybridized carbons (Fsp3) is 0.417. The average Bonchev–Trinajstić information content (AvgIpc) is 2.88. The number of nitrogens with one attached hydrogen (secondary N) is 1. The van der Waals surface area contributed by atoms with E-state index in [0.29, 0.717) is 11.6 Å². The Morgan fingerprint density at radius 1 is 1.53 bits per heavy atom.